The highest BCUT2D eigenvalue weighted by molar-refractivity contribution is 5.64. The van der Waals surface area contributed by atoms with Crippen LogP contribution in [0.2, 0.25) is 0 Å². The molecule has 3 rings (SSSR count). The summed E-state index contributed by atoms with van der Waals surface area (Å²) in [6.45, 7) is 11.1. The Bertz CT molecular complexity index is 1100. The second-order valence-corrected chi connectivity index (χ2v) is 6.68. The van der Waals surface area contributed by atoms with Crippen molar-refractivity contribution in [2.45, 2.75) is 33.6 Å². The lowest BCUT2D eigenvalue weighted by Crippen LogP contribution is -2.15. The Morgan fingerprint density at radius 3 is 2.61 bits per heavy atom. The Morgan fingerprint density at radius 2 is 2.06 bits per heavy atom. The van der Waals surface area contributed by atoms with Gasteiger partial charge in [0.15, 0.2) is 5.82 Å². The maximum atomic E-state index is 12.7. The van der Waals surface area contributed by atoms with E-state index in [2.05, 4.69) is 37.6 Å². The summed E-state index contributed by atoms with van der Waals surface area (Å²) in [7, 11) is 0. The summed E-state index contributed by atoms with van der Waals surface area (Å²) in [5.41, 5.74) is 6.21. The van der Waals surface area contributed by atoms with Crippen molar-refractivity contribution >= 4 is 5.57 Å². The normalized spacial score (nSPS) is 11.8. The molecule has 0 amide bonds. The summed E-state index contributed by atoms with van der Waals surface area (Å²) in [6.07, 6.45) is 1.36. The maximum Gasteiger partial charge on any atom is 0.305 e. The highest BCUT2D eigenvalue weighted by atomic mass is 19.3. The van der Waals surface area contributed by atoms with Gasteiger partial charge in [-0.05, 0) is 49.5 Å². The van der Waals surface area contributed by atoms with Gasteiger partial charge in [0.25, 0.3) is 6.43 Å². The zero-order chi connectivity index (χ0) is 22.4. The molecule has 0 aliphatic heterocycles. The smallest absolute Gasteiger partial charge is 0.305 e. The molecule has 0 spiro atoms. The first kappa shape index (κ1) is 21.8. The van der Waals surface area contributed by atoms with Crippen molar-refractivity contribution < 1.29 is 13.5 Å². The third kappa shape index (κ3) is 5.19. The predicted octanol–water partition coefficient (Wildman–Crippen LogP) is 4.14. The lowest BCUT2D eigenvalue weighted by molar-refractivity contribution is 0.151. The summed E-state index contributed by atoms with van der Waals surface area (Å²) in [4.78, 5) is 7.50. The number of nitrogens with zero attached hydrogens (tertiary/aromatic N) is 6. The van der Waals surface area contributed by atoms with Crippen LogP contribution < -0.4 is 10.2 Å². The van der Waals surface area contributed by atoms with Gasteiger partial charge < -0.3 is 4.74 Å². The van der Waals surface area contributed by atoms with E-state index in [-0.39, 0.29) is 18.1 Å². The molecule has 8 nitrogen and oxygen atoms in total. The fraction of sp³-hybridized carbons (Fsp3) is 0.286. The minimum Gasteiger partial charge on any atom is -0.470 e. The van der Waals surface area contributed by atoms with Crippen LogP contribution in [-0.2, 0) is 6.42 Å². The van der Waals surface area contributed by atoms with Gasteiger partial charge in [-0.3, -0.25) is 4.98 Å². The van der Waals surface area contributed by atoms with Gasteiger partial charge in [0, 0.05) is 29.6 Å². The molecule has 160 valence electrons. The number of alkyl halides is 2. The molecule has 0 saturated heterocycles. The first-order chi connectivity index (χ1) is 14.9. The number of halogens is 2. The number of ether oxygens (including phenoxy) is 1. The summed E-state index contributed by atoms with van der Waals surface area (Å²) < 4.78 is 32.8. The van der Waals surface area contributed by atoms with Crippen molar-refractivity contribution in [1.82, 2.24) is 30.4 Å². The lowest BCUT2D eigenvalue weighted by Gasteiger charge is -2.09. The Labute approximate surface area is 178 Å². The van der Waals surface area contributed by atoms with Crippen molar-refractivity contribution in [3.63, 3.8) is 0 Å². The Kier molecular flexibility index (Phi) is 6.87. The zero-order valence-corrected chi connectivity index (χ0v) is 17.4. The topological polar surface area (TPSA) is 82.1 Å². The first-order valence-electron chi connectivity index (χ1n) is 9.55. The molecule has 0 bridgehead atoms. The number of aryl methyl sites for hydroxylation is 2. The molecule has 0 aliphatic carbocycles. The minimum absolute atomic E-state index is 0.0414. The van der Waals surface area contributed by atoms with E-state index < -0.39 is 6.43 Å². The van der Waals surface area contributed by atoms with Gasteiger partial charge in [-0.1, -0.05) is 6.92 Å². The number of pyridine rings is 1. The third-order valence-electron chi connectivity index (χ3n) is 4.68. The van der Waals surface area contributed by atoms with Crippen LogP contribution in [0.5, 0.6) is 5.88 Å². The predicted molar refractivity (Wildman–Crippen MR) is 112 cm³/mol. The lowest BCUT2D eigenvalue weighted by atomic mass is 10.1. The molecule has 0 saturated carbocycles. The van der Waals surface area contributed by atoms with Crippen molar-refractivity contribution in [1.29, 1.82) is 0 Å². The van der Waals surface area contributed by atoms with E-state index in [0.717, 1.165) is 23.9 Å². The van der Waals surface area contributed by atoms with E-state index in [1.807, 2.05) is 13.1 Å². The molecular weight excluding hydrogens is 404 g/mol. The van der Waals surface area contributed by atoms with E-state index in [1.54, 1.807) is 23.7 Å². The van der Waals surface area contributed by atoms with Crippen molar-refractivity contribution in [2.75, 3.05) is 6.61 Å². The number of rotatable bonds is 8. The minimum atomic E-state index is -2.58. The second kappa shape index (κ2) is 9.75. The maximum absolute atomic E-state index is 12.7. The number of aromatic nitrogens is 5. The van der Waals surface area contributed by atoms with Gasteiger partial charge in [-0.2, -0.15) is 5.10 Å². The summed E-state index contributed by atoms with van der Waals surface area (Å²) in [6, 6.07) is 6.24. The molecule has 10 heteroatoms. The van der Waals surface area contributed by atoms with E-state index >= 15 is 0 Å². The molecule has 1 N–H and O–H groups in total. The molecular formula is C21H22F2N7O+. The standard InChI is InChI=1S/C21H22F2N7O/c1-5-15-11-30(29-14(15)3)19-8-9-20(28-27-19)31-12-18(26-24-4)13(2)17-7-6-16(10-25-17)21(22)23/h4,6-11,21,26H,5,12H2,1-3H3/q+1/b18-13+. The summed E-state index contributed by atoms with van der Waals surface area (Å²) in [5, 5.41) is 12.6. The van der Waals surface area contributed by atoms with Gasteiger partial charge in [-0.15, -0.1) is 10.2 Å². The van der Waals surface area contributed by atoms with Gasteiger partial charge in [0.05, 0.1) is 16.3 Å². The Hall–Kier alpha value is -3.87. The number of hydrogen-bond acceptors (Lipinski definition) is 6. The first-order valence-corrected chi connectivity index (χ1v) is 9.55. The average molecular weight is 426 g/mol. The third-order valence-corrected chi connectivity index (χ3v) is 4.68. The molecule has 3 heterocycles. The molecule has 31 heavy (non-hydrogen) atoms. The van der Waals surface area contributed by atoms with Crippen molar-refractivity contribution in [3.8, 4) is 18.3 Å². The van der Waals surface area contributed by atoms with E-state index in [4.69, 9.17) is 11.3 Å². The monoisotopic (exact) mass is 426 g/mol. The average Bonchev–Trinajstić information content (AvgIpc) is 3.17. The van der Waals surface area contributed by atoms with Gasteiger partial charge in [0.1, 0.15) is 12.3 Å². The van der Waals surface area contributed by atoms with Crippen LogP contribution in [0.15, 0.2) is 42.4 Å². The molecule has 0 fully saturated rings. The largest absolute Gasteiger partial charge is 0.470 e. The number of hydrogen-bond donors (Lipinski definition) is 1. The van der Waals surface area contributed by atoms with Crippen LogP contribution in [0, 0.1) is 13.5 Å². The van der Waals surface area contributed by atoms with Gasteiger partial charge in [-0.25, -0.2) is 13.5 Å². The summed E-state index contributed by atoms with van der Waals surface area (Å²) in [5.74, 6) is 0.856. The summed E-state index contributed by atoms with van der Waals surface area (Å²) >= 11 is 0. The second-order valence-electron chi connectivity index (χ2n) is 6.68. The zero-order valence-electron chi connectivity index (χ0n) is 17.4. The molecule has 0 unspecified atom stereocenters. The van der Waals surface area contributed by atoms with Crippen LogP contribution in [0.4, 0.5) is 8.78 Å². The molecule has 3 aromatic heterocycles. The number of allylic oxidation sites excluding steroid dienone is 1. The van der Waals surface area contributed by atoms with Crippen molar-refractivity contribution in [3.05, 3.63) is 69.8 Å². The van der Waals surface area contributed by atoms with Gasteiger partial charge in [0.2, 0.25) is 5.88 Å². The Balaban J connectivity index is 1.73. The molecule has 0 aliphatic rings. The highest BCUT2D eigenvalue weighted by Gasteiger charge is 2.14. The van der Waals surface area contributed by atoms with Crippen LogP contribution in [0.3, 0.4) is 0 Å². The van der Waals surface area contributed by atoms with E-state index in [9.17, 15) is 8.78 Å². The van der Waals surface area contributed by atoms with Crippen LogP contribution >= 0.6 is 0 Å². The molecule has 0 aromatic carbocycles. The fourth-order valence-electron chi connectivity index (χ4n) is 2.83. The molecule has 0 radical (unpaired) electrons. The van der Waals surface area contributed by atoms with Crippen LogP contribution in [0.25, 0.3) is 16.3 Å². The molecule has 3 aromatic rings. The van der Waals surface area contributed by atoms with E-state index in [0.29, 0.717) is 22.8 Å². The quantitative estimate of drug-likeness (QED) is 0.545. The number of nitrogens with one attached hydrogen (secondary N) is 1. The fourth-order valence-corrected chi connectivity index (χ4v) is 2.83. The molecule has 0 atom stereocenters. The highest BCUT2D eigenvalue weighted by Crippen LogP contribution is 2.21. The Morgan fingerprint density at radius 1 is 1.26 bits per heavy atom. The van der Waals surface area contributed by atoms with Crippen molar-refractivity contribution in [2.24, 2.45) is 0 Å². The van der Waals surface area contributed by atoms with E-state index in [1.165, 1.54) is 12.1 Å². The SMILES string of the molecule is C#[N+]N/C(COc1ccc(-n2cc(CC)c(C)n2)nn1)=C(\C)c1ccc(C(F)F)cn1. The van der Waals surface area contributed by atoms with Gasteiger partial charge >= 0.3 is 6.57 Å². The van der Waals surface area contributed by atoms with Crippen LogP contribution in [0.1, 0.15) is 42.8 Å². The van der Waals surface area contributed by atoms with Crippen LogP contribution in [-0.4, -0.2) is 31.6 Å².